The van der Waals surface area contributed by atoms with Crippen LogP contribution in [-0.2, 0) is 9.59 Å². The summed E-state index contributed by atoms with van der Waals surface area (Å²) < 4.78 is 8.26. The van der Waals surface area contributed by atoms with Crippen LogP contribution in [0.2, 0.25) is 5.02 Å². The molecule has 5 aromatic rings. The van der Waals surface area contributed by atoms with Crippen LogP contribution in [-0.4, -0.2) is 37.8 Å². The standard InChI is InChI=1S/C29H23ClN4O4S/c1-4-38-19-10-11-20-21(14-19)39-29(31-20)34-24(17-8-5-9-18(30)13-17)22(26(36)28(34)37)25(35)23-16(3)33-12-6-7-15(2)27(33)32-23/h5-14,24,35H,4H2,1-3H3. The van der Waals surface area contributed by atoms with Crippen molar-refractivity contribution < 1.29 is 19.4 Å². The molecule has 1 unspecified atom stereocenters. The summed E-state index contributed by atoms with van der Waals surface area (Å²) in [5.74, 6) is -1.27. The molecule has 4 heterocycles. The third-order valence-electron chi connectivity index (χ3n) is 6.78. The molecule has 0 bridgehead atoms. The summed E-state index contributed by atoms with van der Waals surface area (Å²) in [6.45, 7) is 6.14. The van der Waals surface area contributed by atoms with Crippen LogP contribution in [0.1, 0.15) is 35.5 Å². The van der Waals surface area contributed by atoms with Gasteiger partial charge in [-0.1, -0.05) is 41.1 Å². The summed E-state index contributed by atoms with van der Waals surface area (Å²) in [6.07, 6.45) is 1.84. The molecule has 0 radical (unpaired) electrons. The summed E-state index contributed by atoms with van der Waals surface area (Å²) in [5, 5.41) is 12.4. The number of nitrogens with zero attached hydrogens (tertiary/aromatic N) is 4. The average molecular weight is 559 g/mol. The van der Waals surface area contributed by atoms with Gasteiger partial charge in [0.25, 0.3) is 5.78 Å². The van der Waals surface area contributed by atoms with Gasteiger partial charge in [-0.3, -0.25) is 14.5 Å². The maximum atomic E-state index is 13.6. The van der Waals surface area contributed by atoms with Crippen molar-refractivity contribution >= 4 is 61.4 Å². The Labute approximate surface area is 232 Å². The van der Waals surface area contributed by atoms with E-state index >= 15 is 0 Å². The number of aliphatic hydroxyl groups excluding tert-OH is 1. The number of imidazole rings is 1. The largest absolute Gasteiger partial charge is 0.505 e. The number of anilines is 1. The monoisotopic (exact) mass is 558 g/mol. The Balaban J connectivity index is 1.57. The normalized spacial score (nSPS) is 17.0. The van der Waals surface area contributed by atoms with Gasteiger partial charge in [0.1, 0.15) is 17.1 Å². The Morgan fingerprint density at radius 2 is 1.92 bits per heavy atom. The summed E-state index contributed by atoms with van der Waals surface area (Å²) in [5.41, 5.74) is 3.60. The van der Waals surface area contributed by atoms with Crippen molar-refractivity contribution in [3.05, 3.63) is 93.9 Å². The van der Waals surface area contributed by atoms with Gasteiger partial charge in [-0.05, 0) is 68.3 Å². The van der Waals surface area contributed by atoms with Gasteiger partial charge in [-0.25, -0.2) is 9.97 Å². The Bertz CT molecular complexity index is 1840. The first-order chi connectivity index (χ1) is 18.8. The van der Waals surface area contributed by atoms with E-state index in [0.717, 1.165) is 10.3 Å². The van der Waals surface area contributed by atoms with Gasteiger partial charge in [0.05, 0.1) is 34.1 Å². The van der Waals surface area contributed by atoms with Gasteiger partial charge in [0.2, 0.25) is 0 Å². The zero-order valence-corrected chi connectivity index (χ0v) is 22.9. The molecule has 1 N–H and O–H groups in total. The number of fused-ring (bicyclic) bond motifs is 2. The second kappa shape index (κ2) is 9.52. The van der Waals surface area contributed by atoms with Crippen LogP contribution in [0, 0.1) is 13.8 Å². The molecule has 39 heavy (non-hydrogen) atoms. The van der Waals surface area contributed by atoms with Crippen LogP contribution in [0.15, 0.2) is 66.4 Å². The lowest BCUT2D eigenvalue weighted by molar-refractivity contribution is -0.132. The van der Waals surface area contributed by atoms with Gasteiger partial charge < -0.3 is 14.2 Å². The molecule has 196 valence electrons. The highest BCUT2D eigenvalue weighted by molar-refractivity contribution is 7.22. The fourth-order valence-electron chi connectivity index (χ4n) is 4.95. The number of thiazole rings is 1. The Morgan fingerprint density at radius 3 is 2.67 bits per heavy atom. The van der Waals surface area contributed by atoms with Gasteiger partial charge in [0.15, 0.2) is 10.9 Å². The van der Waals surface area contributed by atoms with Gasteiger partial charge in [0, 0.05) is 11.2 Å². The molecule has 0 saturated carbocycles. The molecular weight excluding hydrogens is 536 g/mol. The number of hydrogen-bond acceptors (Lipinski definition) is 7. The molecule has 3 aromatic heterocycles. The predicted octanol–water partition coefficient (Wildman–Crippen LogP) is 6.24. The molecular formula is C29H23ClN4O4S. The van der Waals surface area contributed by atoms with E-state index in [-0.39, 0.29) is 17.0 Å². The molecule has 0 aliphatic carbocycles. The van der Waals surface area contributed by atoms with E-state index in [1.54, 1.807) is 24.3 Å². The van der Waals surface area contributed by atoms with E-state index in [9.17, 15) is 14.7 Å². The second-order valence-electron chi connectivity index (χ2n) is 9.21. The SMILES string of the molecule is CCOc1ccc2nc(N3C(=O)C(=O)C(=C(O)c4nc5c(C)cccn5c4C)C3c3cccc(Cl)c3)sc2c1. The number of benzene rings is 2. The number of aromatic nitrogens is 3. The van der Waals surface area contributed by atoms with Crippen molar-refractivity contribution in [1.82, 2.24) is 14.4 Å². The number of Topliss-reactive ketones (excluding diaryl/α,β-unsaturated/α-hetero) is 1. The van der Waals surface area contributed by atoms with Crippen molar-refractivity contribution in [3.8, 4) is 5.75 Å². The minimum atomic E-state index is -0.957. The number of carbonyl (C=O) groups excluding carboxylic acids is 2. The molecule has 1 amide bonds. The third kappa shape index (κ3) is 4.05. The van der Waals surface area contributed by atoms with Gasteiger partial charge in [-0.2, -0.15) is 0 Å². The van der Waals surface area contributed by atoms with Crippen LogP contribution in [0.3, 0.4) is 0 Å². The number of aliphatic hydroxyl groups is 1. The number of ether oxygens (including phenoxy) is 1. The van der Waals surface area contributed by atoms with Crippen molar-refractivity contribution in [2.45, 2.75) is 26.8 Å². The molecule has 10 heteroatoms. The lowest BCUT2D eigenvalue weighted by Gasteiger charge is -2.23. The number of halogens is 1. The van der Waals surface area contributed by atoms with E-state index in [2.05, 4.69) is 9.97 Å². The lowest BCUT2D eigenvalue weighted by atomic mass is 9.96. The molecule has 8 nitrogen and oxygen atoms in total. The van der Waals surface area contributed by atoms with Crippen molar-refractivity contribution in [2.75, 3.05) is 11.5 Å². The maximum Gasteiger partial charge on any atom is 0.301 e. The summed E-state index contributed by atoms with van der Waals surface area (Å²) in [6, 6.07) is 15.2. The molecule has 1 aliphatic rings. The highest BCUT2D eigenvalue weighted by Gasteiger charge is 2.48. The number of amides is 1. The summed E-state index contributed by atoms with van der Waals surface area (Å²) >= 11 is 7.60. The number of hydrogen-bond donors (Lipinski definition) is 1. The fraction of sp³-hybridized carbons (Fsp3) is 0.172. The Morgan fingerprint density at radius 1 is 1.10 bits per heavy atom. The lowest BCUT2D eigenvalue weighted by Crippen LogP contribution is -2.29. The Kier molecular flexibility index (Phi) is 6.12. The van der Waals surface area contributed by atoms with Crippen LogP contribution < -0.4 is 9.64 Å². The molecule has 6 rings (SSSR count). The molecule has 1 fully saturated rings. The van der Waals surface area contributed by atoms with E-state index in [0.29, 0.717) is 44.9 Å². The smallest absolute Gasteiger partial charge is 0.301 e. The maximum absolute atomic E-state index is 13.6. The van der Waals surface area contributed by atoms with E-state index in [4.69, 9.17) is 16.3 Å². The molecule has 0 spiro atoms. The molecule has 1 aliphatic heterocycles. The van der Waals surface area contributed by atoms with Crippen molar-refractivity contribution in [2.24, 2.45) is 0 Å². The number of rotatable bonds is 5. The fourth-order valence-corrected chi connectivity index (χ4v) is 6.17. The Hall–Kier alpha value is -4.21. The summed E-state index contributed by atoms with van der Waals surface area (Å²) in [7, 11) is 0. The average Bonchev–Trinajstić information content (AvgIpc) is 3.56. The predicted molar refractivity (Wildman–Crippen MR) is 152 cm³/mol. The molecule has 1 saturated heterocycles. The quantitative estimate of drug-likeness (QED) is 0.156. The zero-order chi connectivity index (χ0) is 27.4. The van der Waals surface area contributed by atoms with Crippen molar-refractivity contribution in [3.63, 3.8) is 0 Å². The molecule has 2 aromatic carbocycles. The highest BCUT2D eigenvalue weighted by atomic mass is 35.5. The topological polar surface area (TPSA) is 97.0 Å². The third-order valence-corrected chi connectivity index (χ3v) is 8.04. The number of ketones is 1. The van der Waals surface area contributed by atoms with E-state index in [1.165, 1.54) is 16.2 Å². The van der Waals surface area contributed by atoms with Crippen LogP contribution in [0.25, 0.3) is 21.6 Å². The van der Waals surface area contributed by atoms with Crippen LogP contribution in [0.5, 0.6) is 5.75 Å². The van der Waals surface area contributed by atoms with Gasteiger partial charge in [-0.15, -0.1) is 0 Å². The van der Waals surface area contributed by atoms with E-state index < -0.39 is 17.7 Å². The number of aryl methyl sites for hydroxylation is 2. The number of carbonyl (C=O) groups is 2. The number of pyridine rings is 1. The first-order valence-corrected chi connectivity index (χ1v) is 13.5. The first kappa shape index (κ1) is 25.1. The van der Waals surface area contributed by atoms with Crippen molar-refractivity contribution in [1.29, 1.82) is 0 Å². The summed E-state index contributed by atoms with van der Waals surface area (Å²) in [4.78, 5) is 37.8. The highest BCUT2D eigenvalue weighted by Crippen LogP contribution is 2.45. The molecule has 1 atom stereocenters. The van der Waals surface area contributed by atoms with Crippen LogP contribution in [0.4, 0.5) is 5.13 Å². The minimum Gasteiger partial charge on any atom is -0.505 e. The first-order valence-electron chi connectivity index (χ1n) is 12.3. The second-order valence-corrected chi connectivity index (χ2v) is 10.7. The minimum absolute atomic E-state index is 0.0688. The van der Waals surface area contributed by atoms with Crippen LogP contribution >= 0.6 is 22.9 Å². The van der Waals surface area contributed by atoms with Gasteiger partial charge >= 0.3 is 5.91 Å². The zero-order valence-electron chi connectivity index (χ0n) is 21.3. The van der Waals surface area contributed by atoms with E-state index in [1.807, 2.05) is 61.7 Å².